The van der Waals surface area contributed by atoms with Crippen LogP contribution >= 0.6 is 0 Å². The fraction of sp³-hybridized carbons (Fsp3) is 0.519. The van der Waals surface area contributed by atoms with E-state index in [2.05, 4.69) is 21.3 Å². The highest BCUT2D eigenvalue weighted by atomic mass is 19.2. The van der Waals surface area contributed by atoms with Gasteiger partial charge >= 0.3 is 6.03 Å². The van der Waals surface area contributed by atoms with Crippen molar-refractivity contribution in [2.24, 2.45) is 0 Å². The Labute approximate surface area is 204 Å². The van der Waals surface area contributed by atoms with E-state index in [4.69, 9.17) is 0 Å². The van der Waals surface area contributed by atoms with Gasteiger partial charge in [-0.1, -0.05) is 12.1 Å². The molecular weight excluding hydrogens is 450 g/mol. The molecule has 186 valence electrons. The summed E-state index contributed by atoms with van der Waals surface area (Å²) in [4.78, 5) is 34.1. The number of amides is 3. The van der Waals surface area contributed by atoms with Crippen molar-refractivity contribution < 1.29 is 18.4 Å². The van der Waals surface area contributed by atoms with Crippen LogP contribution in [0.5, 0.6) is 0 Å². The third-order valence-corrected chi connectivity index (χ3v) is 7.86. The van der Waals surface area contributed by atoms with E-state index >= 15 is 0 Å². The van der Waals surface area contributed by atoms with Gasteiger partial charge in [-0.05, 0) is 74.8 Å². The third kappa shape index (κ3) is 5.22. The number of urea groups is 1. The lowest BCUT2D eigenvalue weighted by Crippen LogP contribution is -2.51. The van der Waals surface area contributed by atoms with Crippen molar-refractivity contribution in [3.8, 4) is 0 Å². The summed E-state index contributed by atoms with van der Waals surface area (Å²) in [6.07, 6.45) is 8.61. The molecule has 0 unspecified atom stereocenters. The topological polar surface area (TPSA) is 65.5 Å². The fourth-order valence-electron chi connectivity index (χ4n) is 6.00. The van der Waals surface area contributed by atoms with Crippen molar-refractivity contribution in [3.05, 3.63) is 65.5 Å². The number of hydrogen-bond donors (Lipinski definition) is 1. The summed E-state index contributed by atoms with van der Waals surface area (Å²) >= 11 is 0. The molecule has 6 nitrogen and oxygen atoms in total. The fourth-order valence-corrected chi connectivity index (χ4v) is 6.00. The van der Waals surface area contributed by atoms with Crippen LogP contribution in [0.1, 0.15) is 74.6 Å². The van der Waals surface area contributed by atoms with Crippen LogP contribution in [-0.4, -0.2) is 51.9 Å². The van der Waals surface area contributed by atoms with Gasteiger partial charge in [0, 0.05) is 49.4 Å². The second-order valence-corrected chi connectivity index (χ2v) is 10.0. The first-order chi connectivity index (χ1) is 17.0. The Morgan fingerprint density at radius 3 is 2.57 bits per heavy atom. The first kappa shape index (κ1) is 23.9. The Hall–Kier alpha value is -2.87. The van der Waals surface area contributed by atoms with Crippen molar-refractivity contribution >= 4 is 11.9 Å². The molecule has 35 heavy (non-hydrogen) atoms. The summed E-state index contributed by atoms with van der Waals surface area (Å²) in [5.41, 5.74) is 1.63. The predicted octanol–water partition coefficient (Wildman–Crippen LogP) is 4.92. The summed E-state index contributed by atoms with van der Waals surface area (Å²) in [5.74, 6) is -1.66. The molecule has 0 radical (unpaired) electrons. The van der Waals surface area contributed by atoms with Gasteiger partial charge in [-0.3, -0.25) is 19.6 Å². The maximum atomic E-state index is 13.8. The Kier molecular flexibility index (Phi) is 7.09. The van der Waals surface area contributed by atoms with Gasteiger partial charge in [-0.2, -0.15) is 0 Å². The van der Waals surface area contributed by atoms with E-state index in [1.54, 1.807) is 0 Å². The molecule has 1 aliphatic carbocycles. The van der Waals surface area contributed by atoms with Crippen LogP contribution in [0, 0.1) is 11.6 Å². The maximum absolute atomic E-state index is 13.8. The molecule has 2 atom stereocenters. The molecule has 3 heterocycles. The van der Waals surface area contributed by atoms with E-state index < -0.39 is 23.7 Å². The number of aromatic nitrogens is 1. The highest BCUT2D eigenvalue weighted by molar-refractivity contribution is 5.95. The van der Waals surface area contributed by atoms with Crippen molar-refractivity contribution in [2.45, 2.75) is 75.4 Å². The lowest BCUT2D eigenvalue weighted by Gasteiger charge is -2.36. The smallest absolute Gasteiger partial charge is 0.324 e. The molecule has 1 saturated carbocycles. The summed E-state index contributed by atoms with van der Waals surface area (Å²) in [5, 5.41) is 3.06. The average Bonchev–Trinajstić information content (AvgIpc) is 3.34. The van der Waals surface area contributed by atoms with Crippen LogP contribution in [0.4, 0.5) is 13.6 Å². The van der Waals surface area contributed by atoms with Crippen LogP contribution in [-0.2, 0) is 4.79 Å². The normalized spacial score (nSPS) is 27.7. The van der Waals surface area contributed by atoms with Gasteiger partial charge in [0.05, 0.1) is 6.04 Å². The summed E-state index contributed by atoms with van der Waals surface area (Å²) in [6.45, 7) is 1.69. The first-order valence-electron chi connectivity index (χ1n) is 12.7. The van der Waals surface area contributed by atoms with Crippen molar-refractivity contribution in [2.75, 3.05) is 13.1 Å². The minimum absolute atomic E-state index is 0.0312. The molecule has 0 bridgehead atoms. The zero-order chi connectivity index (χ0) is 24.4. The minimum atomic E-state index is -0.968. The van der Waals surface area contributed by atoms with Crippen LogP contribution in [0.15, 0.2) is 42.6 Å². The lowest BCUT2D eigenvalue weighted by atomic mass is 9.83. The number of pyridine rings is 1. The number of likely N-dealkylation sites (tertiary alicyclic amines) is 2. The number of nitrogens with one attached hydrogen (secondary N) is 1. The third-order valence-electron chi connectivity index (χ3n) is 7.86. The Morgan fingerprint density at radius 1 is 1.00 bits per heavy atom. The van der Waals surface area contributed by atoms with Gasteiger partial charge < -0.3 is 5.32 Å². The van der Waals surface area contributed by atoms with E-state index in [1.807, 2.05) is 18.3 Å². The quantitative estimate of drug-likeness (QED) is 0.672. The molecule has 8 heteroatoms. The van der Waals surface area contributed by atoms with Gasteiger partial charge in [0.2, 0.25) is 5.91 Å². The van der Waals surface area contributed by atoms with Crippen LogP contribution in [0.3, 0.4) is 0 Å². The SMILES string of the molecule is O=C1CCC[C@@H](c2ccc(F)c(F)c2)N1C(=O)N[C@@H]1CCN(C2CCC(c3ccccn3)CC2)C1. The summed E-state index contributed by atoms with van der Waals surface area (Å²) in [6, 6.07) is 9.18. The van der Waals surface area contributed by atoms with E-state index in [-0.39, 0.29) is 18.4 Å². The highest BCUT2D eigenvalue weighted by Crippen LogP contribution is 2.35. The van der Waals surface area contributed by atoms with Crippen molar-refractivity contribution in [1.82, 2.24) is 20.1 Å². The zero-order valence-electron chi connectivity index (χ0n) is 19.8. The van der Waals surface area contributed by atoms with E-state index in [1.165, 1.54) is 16.7 Å². The van der Waals surface area contributed by atoms with Gasteiger partial charge in [0.1, 0.15) is 0 Å². The van der Waals surface area contributed by atoms with Crippen molar-refractivity contribution in [1.29, 1.82) is 0 Å². The molecule has 3 aliphatic rings. The number of carbonyl (C=O) groups excluding carboxylic acids is 2. The molecule has 2 saturated heterocycles. The number of nitrogens with zero attached hydrogens (tertiary/aromatic N) is 3. The Bertz CT molecular complexity index is 1060. The second-order valence-electron chi connectivity index (χ2n) is 10.0. The molecule has 0 spiro atoms. The van der Waals surface area contributed by atoms with Crippen LogP contribution in [0.2, 0.25) is 0 Å². The van der Waals surface area contributed by atoms with Gasteiger partial charge in [-0.15, -0.1) is 0 Å². The lowest BCUT2D eigenvalue weighted by molar-refractivity contribution is -0.132. The number of hydrogen-bond acceptors (Lipinski definition) is 4. The molecule has 1 aromatic carbocycles. The van der Waals surface area contributed by atoms with Gasteiger partial charge in [0.15, 0.2) is 11.6 Å². The molecule has 3 fully saturated rings. The minimum Gasteiger partial charge on any atom is -0.334 e. The van der Waals surface area contributed by atoms with Crippen molar-refractivity contribution in [3.63, 3.8) is 0 Å². The molecule has 3 amide bonds. The number of benzene rings is 1. The predicted molar refractivity (Wildman–Crippen MR) is 128 cm³/mol. The second kappa shape index (κ2) is 10.4. The summed E-state index contributed by atoms with van der Waals surface area (Å²) in [7, 11) is 0. The first-order valence-corrected chi connectivity index (χ1v) is 12.7. The van der Waals surface area contributed by atoms with Gasteiger partial charge in [-0.25, -0.2) is 13.6 Å². The zero-order valence-corrected chi connectivity index (χ0v) is 19.8. The van der Waals surface area contributed by atoms with E-state index in [9.17, 15) is 18.4 Å². The number of carbonyl (C=O) groups is 2. The largest absolute Gasteiger partial charge is 0.334 e. The molecule has 5 rings (SSSR count). The van der Waals surface area contributed by atoms with E-state index in [0.717, 1.165) is 57.3 Å². The standard InChI is InChI=1S/C27H32F2N4O2/c28-22-12-9-19(16-23(22)29)25-5-3-6-26(34)33(25)27(35)31-20-13-15-32(17-20)21-10-7-18(8-11-21)24-4-1-2-14-30-24/h1-2,4,9,12,14,16,18,20-21,25H,3,5-8,10-11,13,15,17H2,(H,31,35)/t18?,20-,21?,25+/m1/s1. The summed E-state index contributed by atoms with van der Waals surface area (Å²) < 4.78 is 27.3. The Morgan fingerprint density at radius 2 is 1.83 bits per heavy atom. The van der Waals surface area contributed by atoms with Crippen LogP contribution in [0.25, 0.3) is 0 Å². The number of halogens is 2. The van der Waals surface area contributed by atoms with Crippen LogP contribution < -0.4 is 5.32 Å². The average molecular weight is 483 g/mol. The highest BCUT2D eigenvalue weighted by Gasteiger charge is 2.37. The molecule has 2 aromatic rings. The van der Waals surface area contributed by atoms with E-state index in [0.29, 0.717) is 30.4 Å². The Balaban J connectivity index is 1.17. The maximum Gasteiger partial charge on any atom is 0.324 e. The number of rotatable bonds is 4. The molecular formula is C27H32F2N4O2. The molecule has 2 aliphatic heterocycles. The number of piperidine rings is 1. The number of imide groups is 1. The molecule has 1 N–H and O–H groups in total. The molecule has 1 aromatic heterocycles. The van der Waals surface area contributed by atoms with Gasteiger partial charge in [0.25, 0.3) is 0 Å². The monoisotopic (exact) mass is 482 g/mol.